The molecule has 0 fully saturated rings. The van der Waals surface area contributed by atoms with Crippen LogP contribution in [0.15, 0.2) is 47.1 Å². The van der Waals surface area contributed by atoms with Crippen LogP contribution in [0.4, 0.5) is 18.9 Å². The topological polar surface area (TPSA) is 72.1 Å². The number of carbonyl (C=O) groups excluding carboxylic acids is 1. The second-order valence-corrected chi connectivity index (χ2v) is 6.50. The van der Waals surface area contributed by atoms with Gasteiger partial charge in [-0.25, -0.2) is 0 Å². The number of fused-ring (bicyclic) bond motifs is 1. The van der Waals surface area contributed by atoms with E-state index in [1.165, 1.54) is 6.92 Å². The molecule has 0 saturated carbocycles. The van der Waals surface area contributed by atoms with Gasteiger partial charge in [-0.3, -0.25) is 14.7 Å². The summed E-state index contributed by atoms with van der Waals surface area (Å²) < 4.78 is 43.9. The zero-order valence-electron chi connectivity index (χ0n) is 14.8. The zero-order valence-corrected chi connectivity index (χ0v) is 14.8. The lowest BCUT2D eigenvalue weighted by atomic mass is 10.1. The maximum Gasteiger partial charge on any atom is 0.416 e. The van der Waals surface area contributed by atoms with E-state index in [9.17, 15) is 18.0 Å². The second-order valence-electron chi connectivity index (χ2n) is 6.50. The number of hydrogen-bond acceptors (Lipinski definition) is 5. The average molecular weight is 388 g/mol. The normalized spacial score (nSPS) is 16.3. The largest absolute Gasteiger partial charge is 0.416 e. The van der Waals surface area contributed by atoms with Crippen LogP contribution in [0.2, 0.25) is 0 Å². The third-order valence-corrected chi connectivity index (χ3v) is 4.57. The van der Waals surface area contributed by atoms with Crippen molar-refractivity contribution < 1.29 is 22.5 Å². The Morgan fingerprint density at radius 1 is 1.29 bits per heavy atom. The van der Waals surface area contributed by atoms with E-state index in [0.29, 0.717) is 6.42 Å². The molecule has 0 aliphatic carbocycles. The van der Waals surface area contributed by atoms with Crippen molar-refractivity contribution in [2.45, 2.75) is 32.0 Å². The average Bonchev–Trinajstić information content (AvgIpc) is 3.25. The molecule has 1 aliphatic rings. The Morgan fingerprint density at radius 2 is 2.07 bits per heavy atom. The lowest BCUT2D eigenvalue weighted by Crippen LogP contribution is -2.30. The zero-order chi connectivity index (χ0) is 19.9. The fourth-order valence-corrected chi connectivity index (χ4v) is 3.36. The summed E-state index contributed by atoms with van der Waals surface area (Å²) in [4.78, 5) is 22.0. The Bertz CT molecular complexity index is 1030. The Kier molecular flexibility index (Phi) is 4.37. The summed E-state index contributed by atoms with van der Waals surface area (Å²) in [6.45, 7) is 1.46. The van der Waals surface area contributed by atoms with Gasteiger partial charge in [0, 0.05) is 30.9 Å². The Hall–Kier alpha value is -3.23. The van der Waals surface area contributed by atoms with E-state index in [0.717, 1.165) is 29.6 Å². The fraction of sp³-hybridized carbons (Fsp3) is 0.263. The second kappa shape index (κ2) is 6.74. The Morgan fingerprint density at radius 3 is 2.82 bits per heavy atom. The van der Waals surface area contributed by atoms with Gasteiger partial charge in [0.2, 0.25) is 11.8 Å². The predicted octanol–water partition coefficient (Wildman–Crippen LogP) is 3.72. The number of hydrogen-bond donors (Lipinski definition) is 0. The molecule has 2 aromatic heterocycles. The summed E-state index contributed by atoms with van der Waals surface area (Å²) in [5, 5.41) is 3.86. The van der Waals surface area contributed by atoms with Gasteiger partial charge in [-0.15, -0.1) is 0 Å². The number of amides is 1. The van der Waals surface area contributed by atoms with Crippen molar-refractivity contribution in [1.82, 2.24) is 15.1 Å². The van der Waals surface area contributed by atoms with Crippen LogP contribution in [-0.4, -0.2) is 21.0 Å². The molecule has 1 amide bonds. The van der Waals surface area contributed by atoms with Gasteiger partial charge in [-0.05, 0) is 23.8 Å². The molecule has 28 heavy (non-hydrogen) atoms. The third-order valence-electron chi connectivity index (χ3n) is 4.57. The molecule has 0 spiro atoms. The molecule has 0 unspecified atom stereocenters. The number of rotatable bonds is 3. The van der Waals surface area contributed by atoms with Gasteiger partial charge in [0.05, 0.1) is 12.0 Å². The monoisotopic (exact) mass is 388 g/mol. The SMILES string of the molecule is CC(=O)N1c2ccccc2C[C@H]1c1nc(Cc2cc(C(F)(F)F)ccn2)no1. The van der Waals surface area contributed by atoms with E-state index < -0.39 is 17.8 Å². The molecular weight excluding hydrogens is 373 g/mol. The lowest BCUT2D eigenvalue weighted by Gasteiger charge is -2.21. The molecule has 1 aromatic carbocycles. The van der Waals surface area contributed by atoms with E-state index in [2.05, 4.69) is 15.1 Å². The first kappa shape index (κ1) is 18.1. The molecule has 4 rings (SSSR count). The van der Waals surface area contributed by atoms with Crippen molar-refractivity contribution in [3.05, 3.63) is 71.1 Å². The van der Waals surface area contributed by atoms with Crippen molar-refractivity contribution in [1.29, 1.82) is 0 Å². The van der Waals surface area contributed by atoms with Crippen molar-refractivity contribution >= 4 is 11.6 Å². The van der Waals surface area contributed by atoms with E-state index in [1.807, 2.05) is 24.3 Å². The van der Waals surface area contributed by atoms with Crippen molar-refractivity contribution in [3.63, 3.8) is 0 Å². The molecule has 6 nitrogen and oxygen atoms in total. The van der Waals surface area contributed by atoms with Crippen LogP contribution in [0.3, 0.4) is 0 Å². The van der Waals surface area contributed by atoms with Gasteiger partial charge < -0.3 is 4.52 Å². The lowest BCUT2D eigenvalue weighted by molar-refractivity contribution is -0.137. The molecule has 144 valence electrons. The molecule has 3 heterocycles. The quantitative estimate of drug-likeness (QED) is 0.684. The number of halogens is 3. The summed E-state index contributed by atoms with van der Waals surface area (Å²) in [6, 6.07) is 8.93. The maximum atomic E-state index is 12.8. The van der Waals surface area contributed by atoms with Crippen LogP contribution in [-0.2, 0) is 23.8 Å². The van der Waals surface area contributed by atoms with Crippen LogP contribution < -0.4 is 4.90 Å². The van der Waals surface area contributed by atoms with Crippen LogP contribution in [0, 0.1) is 0 Å². The first-order valence-corrected chi connectivity index (χ1v) is 8.55. The number of alkyl halides is 3. The minimum Gasteiger partial charge on any atom is -0.337 e. The molecule has 3 aromatic rings. The third kappa shape index (κ3) is 3.35. The van der Waals surface area contributed by atoms with E-state index in [4.69, 9.17) is 4.52 Å². The smallest absolute Gasteiger partial charge is 0.337 e. The number of aromatic nitrogens is 3. The summed E-state index contributed by atoms with van der Waals surface area (Å²) in [5.74, 6) is 0.295. The van der Waals surface area contributed by atoms with Crippen molar-refractivity contribution in [3.8, 4) is 0 Å². The first-order valence-electron chi connectivity index (χ1n) is 8.55. The van der Waals surface area contributed by atoms with Gasteiger partial charge in [0.15, 0.2) is 5.82 Å². The van der Waals surface area contributed by atoms with Gasteiger partial charge in [-0.1, -0.05) is 23.4 Å². The van der Waals surface area contributed by atoms with Gasteiger partial charge in [0.1, 0.15) is 6.04 Å². The van der Waals surface area contributed by atoms with Crippen LogP contribution in [0.5, 0.6) is 0 Å². The van der Waals surface area contributed by atoms with Gasteiger partial charge in [0.25, 0.3) is 0 Å². The summed E-state index contributed by atoms with van der Waals surface area (Å²) in [5.41, 5.74) is 1.18. The van der Waals surface area contributed by atoms with E-state index in [-0.39, 0.29) is 29.7 Å². The number of benzene rings is 1. The number of anilines is 1. The summed E-state index contributed by atoms with van der Waals surface area (Å²) in [6.07, 6.45) is -2.83. The molecule has 1 aliphatic heterocycles. The molecule has 9 heteroatoms. The number of nitrogens with zero attached hydrogens (tertiary/aromatic N) is 4. The molecule has 0 saturated heterocycles. The predicted molar refractivity (Wildman–Crippen MR) is 92.4 cm³/mol. The standard InChI is InChI=1S/C19H15F3N4O2/c1-11(27)26-15-5-3-2-4-12(15)8-16(26)18-24-17(25-28-18)10-14-9-13(6-7-23-14)19(20,21)22/h2-7,9,16H,8,10H2,1H3/t16-/m0/s1. The number of carbonyl (C=O) groups is 1. The highest BCUT2D eigenvalue weighted by molar-refractivity contribution is 5.94. The van der Waals surface area contributed by atoms with Gasteiger partial charge in [-0.2, -0.15) is 18.2 Å². The summed E-state index contributed by atoms with van der Waals surface area (Å²) >= 11 is 0. The summed E-state index contributed by atoms with van der Waals surface area (Å²) in [7, 11) is 0. The van der Waals surface area contributed by atoms with Crippen molar-refractivity contribution in [2.24, 2.45) is 0 Å². The van der Waals surface area contributed by atoms with Crippen LogP contribution in [0.1, 0.15) is 41.5 Å². The minimum absolute atomic E-state index is 0.00679. The molecule has 0 bridgehead atoms. The van der Waals surface area contributed by atoms with Gasteiger partial charge >= 0.3 is 6.18 Å². The molecule has 1 atom stereocenters. The van der Waals surface area contributed by atoms with E-state index >= 15 is 0 Å². The van der Waals surface area contributed by atoms with Crippen LogP contribution in [0.25, 0.3) is 0 Å². The van der Waals surface area contributed by atoms with E-state index in [1.54, 1.807) is 4.90 Å². The van der Waals surface area contributed by atoms with Crippen molar-refractivity contribution in [2.75, 3.05) is 4.90 Å². The Balaban J connectivity index is 1.58. The van der Waals surface area contributed by atoms with Crippen LogP contribution >= 0.6 is 0 Å². The number of pyridine rings is 1. The fourth-order valence-electron chi connectivity index (χ4n) is 3.36. The minimum atomic E-state index is -4.45. The highest BCUT2D eigenvalue weighted by Crippen LogP contribution is 2.39. The highest BCUT2D eigenvalue weighted by atomic mass is 19.4. The molecule has 0 radical (unpaired) electrons. The Labute approximate surface area is 158 Å². The molecular formula is C19H15F3N4O2. The number of para-hydroxylation sites is 1. The first-order chi connectivity index (χ1) is 13.3. The highest BCUT2D eigenvalue weighted by Gasteiger charge is 2.36. The molecule has 0 N–H and O–H groups in total. The maximum absolute atomic E-state index is 12.8.